The Labute approximate surface area is 158 Å². The molecule has 0 radical (unpaired) electrons. The van der Waals surface area contributed by atoms with E-state index in [9.17, 15) is 4.79 Å². The van der Waals surface area contributed by atoms with E-state index >= 15 is 0 Å². The molecule has 2 aromatic carbocycles. The molecule has 4 heteroatoms. The number of carbonyl (C=O) groups is 1. The van der Waals surface area contributed by atoms with E-state index in [2.05, 4.69) is 11.0 Å². The topological polar surface area (TPSA) is 29.5 Å². The van der Waals surface area contributed by atoms with Gasteiger partial charge in [-0.15, -0.1) is 11.3 Å². The van der Waals surface area contributed by atoms with Crippen molar-refractivity contribution in [1.82, 2.24) is 4.90 Å². The molecule has 1 aliphatic rings. The zero-order valence-corrected chi connectivity index (χ0v) is 15.6. The van der Waals surface area contributed by atoms with Gasteiger partial charge in [-0.3, -0.25) is 9.69 Å². The number of rotatable bonds is 6. The smallest absolute Gasteiger partial charge is 0.202 e. The van der Waals surface area contributed by atoms with E-state index in [-0.39, 0.29) is 5.78 Å². The highest BCUT2D eigenvalue weighted by atomic mass is 32.1. The summed E-state index contributed by atoms with van der Waals surface area (Å²) in [6, 6.07) is 17.6. The predicted octanol–water partition coefficient (Wildman–Crippen LogP) is 5.00. The maximum absolute atomic E-state index is 12.7. The Morgan fingerprint density at radius 1 is 1.00 bits per heavy atom. The Bertz CT molecular complexity index is 846. The summed E-state index contributed by atoms with van der Waals surface area (Å²) in [5.74, 6) is 0.904. The Hall–Kier alpha value is -2.17. The quantitative estimate of drug-likeness (QED) is 0.576. The van der Waals surface area contributed by atoms with Gasteiger partial charge in [-0.25, -0.2) is 0 Å². The van der Waals surface area contributed by atoms with E-state index in [0.717, 1.165) is 27.3 Å². The largest absolute Gasteiger partial charge is 0.492 e. The van der Waals surface area contributed by atoms with Gasteiger partial charge in [0, 0.05) is 16.8 Å². The summed E-state index contributed by atoms with van der Waals surface area (Å²) in [7, 11) is 0. The molecule has 1 saturated heterocycles. The molecule has 2 heterocycles. The van der Waals surface area contributed by atoms with Crippen LogP contribution >= 0.6 is 11.3 Å². The lowest BCUT2D eigenvalue weighted by Gasteiger charge is -2.26. The molecule has 0 spiro atoms. The SMILES string of the molecule is O=C(c1ccc(OCCN2CCCCC2)cc1)c1cc2ccccc2s1. The van der Waals surface area contributed by atoms with E-state index in [1.165, 1.54) is 32.4 Å². The number of piperidine rings is 1. The monoisotopic (exact) mass is 365 g/mol. The number of benzene rings is 2. The van der Waals surface area contributed by atoms with Crippen LogP contribution in [0.5, 0.6) is 5.75 Å². The van der Waals surface area contributed by atoms with Gasteiger partial charge in [0.25, 0.3) is 0 Å². The molecule has 0 aliphatic carbocycles. The summed E-state index contributed by atoms with van der Waals surface area (Å²) < 4.78 is 6.99. The first-order valence-corrected chi connectivity index (χ1v) is 10.1. The number of carbonyl (C=O) groups excluding carboxylic acids is 1. The molecule has 134 valence electrons. The van der Waals surface area contributed by atoms with Crippen molar-refractivity contribution < 1.29 is 9.53 Å². The van der Waals surface area contributed by atoms with Gasteiger partial charge >= 0.3 is 0 Å². The highest BCUT2D eigenvalue weighted by Gasteiger charge is 2.13. The molecule has 0 amide bonds. The number of likely N-dealkylation sites (tertiary alicyclic amines) is 1. The fourth-order valence-electron chi connectivity index (χ4n) is 3.41. The van der Waals surface area contributed by atoms with Crippen molar-refractivity contribution in [3.63, 3.8) is 0 Å². The summed E-state index contributed by atoms with van der Waals surface area (Å²) in [5.41, 5.74) is 0.708. The molecule has 0 saturated carbocycles. The number of nitrogens with zero attached hydrogens (tertiary/aromatic N) is 1. The maximum Gasteiger partial charge on any atom is 0.202 e. The number of ketones is 1. The van der Waals surface area contributed by atoms with Crippen LogP contribution < -0.4 is 4.74 Å². The lowest BCUT2D eigenvalue weighted by Crippen LogP contribution is -2.33. The van der Waals surface area contributed by atoms with Gasteiger partial charge in [-0.2, -0.15) is 0 Å². The van der Waals surface area contributed by atoms with Crippen LogP contribution in [0.4, 0.5) is 0 Å². The van der Waals surface area contributed by atoms with Crippen molar-refractivity contribution >= 4 is 27.2 Å². The summed E-state index contributed by atoms with van der Waals surface area (Å²) in [4.78, 5) is 16.0. The van der Waals surface area contributed by atoms with E-state index in [4.69, 9.17) is 4.74 Å². The van der Waals surface area contributed by atoms with E-state index in [1.54, 1.807) is 11.3 Å². The normalized spacial score (nSPS) is 15.2. The van der Waals surface area contributed by atoms with Crippen LogP contribution in [0.1, 0.15) is 34.5 Å². The van der Waals surface area contributed by atoms with Gasteiger partial charge in [0.1, 0.15) is 12.4 Å². The lowest BCUT2D eigenvalue weighted by molar-refractivity contribution is 0.104. The molecule has 0 unspecified atom stereocenters. The van der Waals surface area contributed by atoms with Gasteiger partial charge in [0.05, 0.1) is 4.88 Å². The maximum atomic E-state index is 12.7. The van der Waals surface area contributed by atoms with Gasteiger partial charge < -0.3 is 4.74 Å². The third kappa shape index (κ3) is 3.97. The molecule has 1 fully saturated rings. The summed E-state index contributed by atoms with van der Waals surface area (Å²) in [6.07, 6.45) is 3.95. The van der Waals surface area contributed by atoms with Gasteiger partial charge in [0.2, 0.25) is 5.78 Å². The molecule has 3 nitrogen and oxygen atoms in total. The molecule has 0 bridgehead atoms. The number of hydrogen-bond donors (Lipinski definition) is 0. The summed E-state index contributed by atoms with van der Waals surface area (Å²) in [6.45, 7) is 4.05. The number of thiophene rings is 1. The highest BCUT2D eigenvalue weighted by Crippen LogP contribution is 2.27. The van der Waals surface area contributed by atoms with Crippen molar-refractivity contribution in [3.05, 3.63) is 65.0 Å². The van der Waals surface area contributed by atoms with Crippen molar-refractivity contribution in [3.8, 4) is 5.75 Å². The fourth-order valence-corrected chi connectivity index (χ4v) is 4.44. The van der Waals surface area contributed by atoms with Gasteiger partial charge in [-0.1, -0.05) is 24.6 Å². The molecule has 1 aromatic heterocycles. The predicted molar refractivity (Wildman–Crippen MR) is 107 cm³/mol. The number of hydrogen-bond acceptors (Lipinski definition) is 4. The van der Waals surface area contributed by atoms with Crippen LogP contribution in [0.25, 0.3) is 10.1 Å². The van der Waals surface area contributed by atoms with Crippen LogP contribution in [0.2, 0.25) is 0 Å². The third-order valence-electron chi connectivity index (χ3n) is 4.89. The molecular weight excluding hydrogens is 342 g/mol. The van der Waals surface area contributed by atoms with Crippen LogP contribution in [-0.4, -0.2) is 36.9 Å². The second-order valence-electron chi connectivity index (χ2n) is 6.75. The van der Waals surface area contributed by atoms with Gasteiger partial charge in [0.15, 0.2) is 0 Å². The Morgan fingerprint density at radius 2 is 1.77 bits per heavy atom. The van der Waals surface area contributed by atoms with Crippen LogP contribution in [-0.2, 0) is 0 Å². The number of ether oxygens (including phenoxy) is 1. The van der Waals surface area contributed by atoms with Crippen molar-refractivity contribution in [2.24, 2.45) is 0 Å². The molecule has 0 N–H and O–H groups in total. The van der Waals surface area contributed by atoms with Crippen LogP contribution in [0.15, 0.2) is 54.6 Å². The minimum absolute atomic E-state index is 0.0751. The second-order valence-corrected chi connectivity index (χ2v) is 7.84. The third-order valence-corrected chi connectivity index (χ3v) is 6.01. The highest BCUT2D eigenvalue weighted by molar-refractivity contribution is 7.21. The molecule has 3 aromatic rings. The first-order chi connectivity index (χ1) is 12.8. The van der Waals surface area contributed by atoms with E-state index in [1.807, 2.05) is 48.5 Å². The molecular formula is C22H23NO2S. The molecule has 1 aliphatic heterocycles. The Balaban J connectivity index is 1.36. The Morgan fingerprint density at radius 3 is 2.54 bits per heavy atom. The molecule has 26 heavy (non-hydrogen) atoms. The minimum Gasteiger partial charge on any atom is -0.492 e. The zero-order valence-electron chi connectivity index (χ0n) is 14.8. The van der Waals surface area contributed by atoms with Crippen LogP contribution in [0, 0.1) is 0 Å². The van der Waals surface area contributed by atoms with Crippen LogP contribution in [0.3, 0.4) is 0 Å². The molecule has 4 rings (SSSR count). The lowest BCUT2D eigenvalue weighted by atomic mass is 10.1. The van der Waals surface area contributed by atoms with Gasteiger partial charge in [-0.05, 0) is 67.7 Å². The average molecular weight is 365 g/mol. The minimum atomic E-state index is 0.0751. The Kier molecular flexibility index (Phi) is 5.32. The molecule has 0 atom stereocenters. The standard InChI is InChI=1S/C22H23NO2S/c24-22(21-16-18-6-2-3-7-20(18)26-21)17-8-10-19(11-9-17)25-15-14-23-12-4-1-5-13-23/h2-3,6-11,16H,1,4-5,12-15H2. The number of fused-ring (bicyclic) bond motifs is 1. The van der Waals surface area contributed by atoms with Crippen molar-refractivity contribution in [2.75, 3.05) is 26.2 Å². The van der Waals surface area contributed by atoms with E-state index < -0.39 is 0 Å². The summed E-state index contributed by atoms with van der Waals surface area (Å²) >= 11 is 1.55. The first kappa shape index (κ1) is 17.3. The second kappa shape index (κ2) is 8.02. The van der Waals surface area contributed by atoms with E-state index in [0.29, 0.717) is 12.2 Å². The fraction of sp³-hybridized carbons (Fsp3) is 0.318. The zero-order chi connectivity index (χ0) is 17.8. The van der Waals surface area contributed by atoms with Crippen molar-refractivity contribution in [1.29, 1.82) is 0 Å². The first-order valence-electron chi connectivity index (χ1n) is 9.28. The van der Waals surface area contributed by atoms with Crippen molar-refractivity contribution in [2.45, 2.75) is 19.3 Å². The average Bonchev–Trinajstić information content (AvgIpc) is 3.13. The summed E-state index contributed by atoms with van der Waals surface area (Å²) in [5, 5.41) is 1.12.